The Balaban J connectivity index is 0.000000167. The minimum absolute atomic E-state index is 0.0639. The summed E-state index contributed by atoms with van der Waals surface area (Å²) in [6, 6.07) is 27.7. The van der Waals surface area contributed by atoms with Crippen LogP contribution in [0.5, 0.6) is 11.8 Å². The van der Waals surface area contributed by atoms with Crippen LogP contribution in [0.15, 0.2) is 106 Å². The summed E-state index contributed by atoms with van der Waals surface area (Å²) in [6.07, 6.45) is -0.879. The molecule has 0 aliphatic carbocycles. The Bertz CT molecular complexity index is 2650. The summed E-state index contributed by atoms with van der Waals surface area (Å²) in [5.74, 6) is 0.397. The second-order valence-electron chi connectivity index (χ2n) is 12.6. The number of rotatable bonds is 4. The van der Waals surface area contributed by atoms with E-state index in [1.54, 1.807) is 107 Å². The lowest BCUT2D eigenvalue weighted by Gasteiger charge is -2.23. The number of aliphatic hydroxyl groups is 1. The minimum atomic E-state index is -0.879. The van der Waals surface area contributed by atoms with Crippen molar-refractivity contribution in [3.63, 3.8) is 0 Å². The molecule has 7 aromatic rings. The monoisotopic (exact) mass is 760 g/mol. The van der Waals surface area contributed by atoms with Gasteiger partial charge >= 0.3 is 0 Å². The molecule has 0 saturated heterocycles. The third-order valence-electron chi connectivity index (χ3n) is 8.56. The number of halogens is 2. The molecule has 54 heavy (non-hydrogen) atoms. The highest BCUT2D eigenvalue weighted by molar-refractivity contribution is 6.30. The lowest BCUT2D eigenvalue weighted by molar-refractivity contribution is 0.0820. The third-order valence-corrected chi connectivity index (χ3v) is 8.99. The highest BCUT2D eigenvalue weighted by Crippen LogP contribution is 2.42. The van der Waals surface area contributed by atoms with Gasteiger partial charge in [-0.1, -0.05) is 47.5 Å². The van der Waals surface area contributed by atoms with Gasteiger partial charge in [0, 0.05) is 61.6 Å². The zero-order valence-corrected chi connectivity index (χ0v) is 30.8. The highest BCUT2D eigenvalue weighted by Gasteiger charge is 2.28. The van der Waals surface area contributed by atoms with Crippen molar-refractivity contribution in [2.24, 2.45) is 0 Å². The van der Waals surface area contributed by atoms with Gasteiger partial charge in [0.15, 0.2) is 0 Å². The molecule has 0 spiro atoms. The van der Waals surface area contributed by atoms with Crippen molar-refractivity contribution in [1.82, 2.24) is 29.7 Å². The average molecular weight is 762 g/mol. The minimum Gasteiger partial charge on any atom is -0.420 e. The molecule has 1 atom stereocenters. The largest absolute Gasteiger partial charge is 0.420 e. The van der Waals surface area contributed by atoms with E-state index in [9.17, 15) is 19.5 Å². The van der Waals surface area contributed by atoms with Crippen LogP contribution in [-0.4, -0.2) is 74.8 Å². The van der Waals surface area contributed by atoms with E-state index < -0.39 is 6.10 Å². The van der Waals surface area contributed by atoms with Gasteiger partial charge in [-0.05, 0) is 72.8 Å². The normalized spacial score (nSPS) is 12.9. The lowest BCUT2D eigenvalue weighted by atomic mass is 10.0. The molecule has 12 nitrogen and oxygen atoms in total. The molecule has 1 unspecified atom stereocenters. The number of aromatic nitrogens is 4. The van der Waals surface area contributed by atoms with Gasteiger partial charge in [0.25, 0.3) is 11.8 Å². The van der Waals surface area contributed by atoms with Gasteiger partial charge < -0.3 is 24.1 Å². The molecule has 8 rings (SSSR count). The number of carbonyl (C=O) groups excluding carboxylic acids is 2. The zero-order chi connectivity index (χ0) is 38.3. The standard InChI is InChI=1S/C20H16ClN3O3.C20H14ClN3O3/c2*1-24(2)20(26)12-5-3-11(4-6-12)15-9-7-13-17(25)14-8-10-16(21)23-19(14)27-18(13)22-15/h3-10,17,25H,1-2H3;3-10H,1-2H3. The molecule has 270 valence electrons. The first-order chi connectivity index (χ1) is 25.9. The van der Waals surface area contributed by atoms with Gasteiger partial charge in [0.2, 0.25) is 28.6 Å². The summed E-state index contributed by atoms with van der Waals surface area (Å²) in [5, 5.41) is 11.8. The van der Waals surface area contributed by atoms with Crippen molar-refractivity contribution in [1.29, 1.82) is 0 Å². The molecule has 1 aliphatic rings. The number of nitrogens with zero attached hydrogens (tertiary/aromatic N) is 6. The summed E-state index contributed by atoms with van der Waals surface area (Å²) in [7, 11) is 6.83. The topological polar surface area (TPSA) is 152 Å². The van der Waals surface area contributed by atoms with Crippen LogP contribution in [0.2, 0.25) is 10.3 Å². The van der Waals surface area contributed by atoms with E-state index >= 15 is 0 Å². The number of carbonyl (C=O) groups is 2. The predicted octanol–water partition coefficient (Wildman–Crippen LogP) is 7.44. The summed E-state index contributed by atoms with van der Waals surface area (Å²) >= 11 is 11.8. The fourth-order valence-corrected chi connectivity index (χ4v) is 6.00. The van der Waals surface area contributed by atoms with Crippen LogP contribution < -0.4 is 10.2 Å². The molecule has 6 heterocycles. The maximum absolute atomic E-state index is 12.6. The predicted molar refractivity (Wildman–Crippen MR) is 205 cm³/mol. The number of pyridine rings is 4. The quantitative estimate of drug-likeness (QED) is 0.142. The van der Waals surface area contributed by atoms with E-state index in [-0.39, 0.29) is 50.7 Å². The Morgan fingerprint density at radius 3 is 1.61 bits per heavy atom. The number of hydrogen-bond donors (Lipinski definition) is 1. The van der Waals surface area contributed by atoms with Crippen LogP contribution in [0.4, 0.5) is 0 Å². The Labute approximate surface area is 318 Å². The first-order valence-electron chi connectivity index (χ1n) is 16.5. The molecule has 0 saturated carbocycles. The maximum Gasteiger partial charge on any atom is 0.253 e. The molecular weight excluding hydrogens is 731 g/mol. The summed E-state index contributed by atoms with van der Waals surface area (Å²) in [5.41, 5.74) is 5.34. The van der Waals surface area contributed by atoms with Crippen LogP contribution in [0.25, 0.3) is 44.7 Å². The van der Waals surface area contributed by atoms with E-state index in [4.69, 9.17) is 32.4 Å². The van der Waals surface area contributed by atoms with Crippen molar-refractivity contribution < 1.29 is 23.8 Å². The Kier molecular flexibility index (Phi) is 9.82. The smallest absolute Gasteiger partial charge is 0.253 e. The second-order valence-corrected chi connectivity index (χ2v) is 13.4. The summed E-state index contributed by atoms with van der Waals surface area (Å²) in [6.45, 7) is 0. The van der Waals surface area contributed by atoms with Crippen LogP contribution >= 0.6 is 23.2 Å². The van der Waals surface area contributed by atoms with E-state index in [0.29, 0.717) is 44.4 Å². The summed E-state index contributed by atoms with van der Waals surface area (Å²) < 4.78 is 11.5. The van der Waals surface area contributed by atoms with E-state index in [2.05, 4.69) is 19.9 Å². The molecule has 1 N–H and O–H groups in total. The fraction of sp³-hybridized carbons (Fsp3) is 0.125. The molecule has 0 fully saturated rings. The Morgan fingerprint density at radius 2 is 1.04 bits per heavy atom. The first kappa shape index (κ1) is 36.2. The number of benzene rings is 2. The van der Waals surface area contributed by atoms with Crippen LogP contribution in [0, 0.1) is 0 Å². The van der Waals surface area contributed by atoms with Gasteiger partial charge in [-0.25, -0.2) is 19.9 Å². The van der Waals surface area contributed by atoms with Gasteiger partial charge in [0.1, 0.15) is 16.4 Å². The van der Waals surface area contributed by atoms with Crippen LogP contribution in [-0.2, 0) is 0 Å². The molecule has 2 aromatic carbocycles. The highest BCUT2D eigenvalue weighted by atomic mass is 35.5. The average Bonchev–Trinajstić information content (AvgIpc) is 3.17. The van der Waals surface area contributed by atoms with Gasteiger partial charge in [-0.3, -0.25) is 14.4 Å². The number of amides is 2. The fourth-order valence-electron chi connectivity index (χ4n) is 5.72. The molecule has 1 aliphatic heterocycles. The zero-order valence-electron chi connectivity index (χ0n) is 29.2. The number of ether oxygens (including phenoxy) is 1. The van der Waals surface area contributed by atoms with E-state index in [1.165, 1.54) is 9.80 Å². The lowest BCUT2D eigenvalue weighted by Crippen LogP contribution is -2.21. The SMILES string of the molecule is CN(C)C(=O)c1ccc(-c2ccc3c(=O)c4ccc(Cl)nc4oc3n2)cc1.CN(C)C(=O)c1ccc(-c2ccc3c(n2)Oc2nc(Cl)ccc2C3O)cc1. The molecular formula is C40H30Cl2N6O6. The van der Waals surface area contributed by atoms with E-state index in [1.807, 2.05) is 18.2 Å². The third kappa shape index (κ3) is 7.09. The van der Waals surface area contributed by atoms with Crippen molar-refractivity contribution in [3.05, 3.63) is 140 Å². The molecule has 14 heteroatoms. The van der Waals surface area contributed by atoms with Crippen LogP contribution in [0.1, 0.15) is 37.9 Å². The molecule has 0 bridgehead atoms. The van der Waals surface area contributed by atoms with Crippen molar-refractivity contribution in [2.75, 3.05) is 28.2 Å². The summed E-state index contributed by atoms with van der Waals surface area (Å²) in [4.78, 5) is 56.8. The second kappa shape index (κ2) is 14.7. The maximum atomic E-state index is 12.6. The van der Waals surface area contributed by atoms with E-state index in [0.717, 1.165) is 11.1 Å². The molecule has 2 amide bonds. The molecule has 0 radical (unpaired) electrons. The van der Waals surface area contributed by atoms with Gasteiger partial charge in [-0.15, -0.1) is 0 Å². The van der Waals surface area contributed by atoms with Crippen molar-refractivity contribution >= 4 is 57.2 Å². The van der Waals surface area contributed by atoms with Gasteiger partial charge in [0.05, 0.1) is 22.2 Å². The van der Waals surface area contributed by atoms with Gasteiger partial charge in [-0.2, -0.15) is 0 Å². The molecule has 5 aromatic heterocycles. The van der Waals surface area contributed by atoms with Crippen LogP contribution in [0.3, 0.4) is 0 Å². The Hall–Kier alpha value is -6.21. The first-order valence-corrected chi connectivity index (χ1v) is 17.2. The number of aliphatic hydroxyl groups excluding tert-OH is 1. The Morgan fingerprint density at radius 1 is 0.593 bits per heavy atom. The van der Waals surface area contributed by atoms with Crippen molar-refractivity contribution in [2.45, 2.75) is 6.10 Å². The number of fused-ring (bicyclic) bond motifs is 4. The number of hydrogen-bond acceptors (Lipinski definition) is 10. The van der Waals surface area contributed by atoms with Crippen molar-refractivity contribution in [3.8, 4) is 34.3 Å².